The van der Waals surface area contributed by atoms with E-state index in [9.17, 15) is 5.11 Å². The van der Waals surface area contributed by atoms with Gasteiger partial charge in [0, 0.05) is 13.5 Å². The molecule has 0 saturated carbocycles. The maximum atomic E-state index is 10.6. The molecule has 0 amide bonds. The highest BCUT2D eigenvalue weighted by Gasteiger charge is 2.26. The molecule has 0 spiro atoms. The number of hydrogen-bond acceptors (Lipinski definition) is 3. The number of methoxy groups -OCH3 is 1. The lowest BCUT2D eigenvalue weighted by atomic mass is 9.89. The zero-order valence-electron chi connectivity index (χ0n) is 12.4. The summed E-state index contributed by atoms with van der Waals surface area (Å²) in [6.45, 7) is 5.30. The summed E-state index contributed by atoms with van der Waals surface area (Å²) in [4.78, 5) is 0. The van der Waals surface area contributed by atoms with Crippen molar-refractivity contribution in [2.45, 2.75) is 44.6 Å². The van der Waals surface area contributed by atoms with E-state index in [-0.39, 0.29) is 0 Å². The van der Waals surface area contributed by atoms with Gasteiger partial charge in [0.15, 0.2) is 0 Å². The first-order valence-electron chi connectivity index (χ1n) is 7.01. The molecule has 3 nitrogen and oxygen atoms in total. The molecule has 3 heteroatoms. The van der Waals surface area contributed by atoms with Gasteiger partial charge in [-0.15, -0.1) is 0 Å². The van der Waals surface area contributed by atoms with Crippen LogP contribution in [-0.4, -0.2) is 31.0 Å². The fourth-order valence-electron chi connectivity index (χ4n) is 2.31. The minimum Gasteiger partial charge on any atom is -0.387 e. The summed E-state index contributed by atoms with van der Waals surface area (Å²) in [5, 5.41) is 10.6. The van der Waals surface area contributed by atoms with Crippen LogP contribution in [0.25, 0.3) is 0 Å². The van der Waals surface area contributed by atoms with Gasteiger partial charge >= 0.3 is 0 Å². The van der Waals surface area contributed by atoms with E-state index in [4.69, 9.17) is 10.5 Å². The number of hydrogen-bond donors (Lipinski definition) is 2. The minimum atomic E-state index is -0.812. The molecule has 0 aliphatic rings. The average molecular weight is 265 g/mol. The largest absolute Gasteiger partial charge is 0.387 e. The Morgan fingerprint density at radius 2 is 1.89 bits per heavy atom. The Morgan fingerprint density at radius 1 is 1.26 bits per heavy atom. The van der Waals surface area contributed by atoms with E-state index in [1.807, 2.05) is 0 Å². The van der Waals surface area contributed by atoms with Crippen molar-refractivity contribution in [1.29, 1.82) is 0 Å². The van der Waals surface area contributed by atoms with Crippen LogP contribution in [-0.2, 0) is 11.2 Å². The predicted octanol–water partition coefficient (Wildman–Crippen LogP) is 2.47. The Bertz CT molecular complexity index is 362. The number of nitrogens with two attached hydrogens (primary N) is 1. The van der Waals surface area contributed by atoms with E-state index in [2.05, 4.69) is 38.1 Å². The molecule has 0 bridgehead atoms. The van der Waals surface area contributed by atoms with Crippen LogP contribution >= 0.6 is 0 Å². The van der Waals surface area contributed by atoms with Crippen molar-refractivity contribution in [2.75, 3.05) is 20.3 Å². The summed E-state index contributed by atoms with van der Waals surface area (Å²) in [5.74, 6) is 0.532. The van der Waals surface area contributed by atoms with E-state index in [0.717, 1.165) is 12.0 Å². The predicted molar refractivity (Wildman–Crippen MR) is 79.3 cm³/mol. The van der Waals surface area contributed by atoms with Crippen molar-refractivity contribution in [3.63, 3.8) is 0 Å². The Morgan fingerprint density at radius 3 is 2.37 bits per heavy atom. The topological polar surface area (TPSA) is 55.5 Å². The van der Waals surface area contributed by atoms with Crippen LogP contribution in [0.1, 0.15) is 43.7 Å². The van der Waals surface area contributed by atoms with E-state index in [1.165, 1.54) is 5.56 Å². The third-order valence-corrected chi connectivity index (χ3v) is 3.44. The first-order chi connectivity index (χ1) is 9.00. The number of ether oxygens (including phenoxy) is 1. The molecule has 0 radical (unpaired) electrons. The first-order valence-corrected chi connectivity index (χ1v) is 7.01. The van der Waals surface area contributed by atoms with Crippen molar-refractivity contribution in [3.05, 3.63) is 35.4 Å². The smallest absolute Gasteiger partial charge is 0.0920 e. The van der Waals surface area contributed by atoms with Gasteiger partial charge in [0.05, 0.1) is 12.2 Å². The van der Waals surface area contributed by atoms with Crippen LogP contribution in [0.5, 0.6) is 0 Å². The minimum absolute atomic E-state index is 0.346. The van der Waals surface area contributed by atoms with Crippen LogP contribution in [0.4, 0.5) is 0 Å². The summed E-state index contributed by atoms with van der Waals surface area (Å²) in [7, 11) is 1.62. The molecule has 0 aliphatic carbocycles. The summed E-state index contributed by atoms with van der Waals surface area (Å²) >= 11 is 0. The van der Waals surface area contributed by atoms with Gasteiger partial charge in [-0.05, 0) is 36.4 Å². The van der Waals surface area contributed by atoms with Gasteiger partial charge in [0.25, 0.3) is 0 Å². The number of rotatable bonds is 8. The summed E-state index contributed by atoms with van der Waals surface area (Å²) in [5.41, 5.74) is 7.17. The third kappa shape index (κ3) is 5.31. The third-order valence-electron chi connectivity index (χ3n) is 3.44. The molecule has 0 aliphatic heterocycles. The molecular formula is C16H27NO2. The molecule has 1 aromatic rings. The highest BCUT2D eigenvalue weighted by Crippen LogP contribution is 2.21. The molecule has 1 rings (SSSR count). The van der Waals surface area contributed by atoms with Gasteiger partial charge in [-0.25, -0.2) is 0 Å². The van der Waals surface area contributed by atoms with Gasteiger partial charge < -0.3 is 15.6 Å². The van der Waals surface area contributed by atoms with Gasteiger partial charge in [-0.3, -0.25) is 0 Å². The fourth-order valence-corrected chi connectivity index (χ4v) is 2.31. The van der Waals surface area contributed by atoms with Gasteiger partial charge in [0.1, 0.15) is 0 Å². The van der Waals surface area contributed by atoms with E-state index in [1.54, 1.807) is 7.11 Å². The standard InChI is InChI=1S/C16H27NO2/c1-13(2)15-7-5-14(6-8-15)11-16(18,12-19-3)9-4-10-17/h5-8,13,18H,4,9-12,17H2,1-3H3. The second-order valence-corrected chi connectivity index (χ2v) is 5.62. The van der Waals surface area contributed by atoms with Gasteiger partial charge in [0.2, 0.25) is 0 Å². The van der Waals surface area contributed by atoms with Crippen molar-refractivity contribution >= 4 is 0 Å². The molecule has 1 unspecified atom stereocenters. The summed E-state index contributed by atoms with van der Waals surface area (Å²) in [6, 6.07) is 8.46. The Hall–Kier alpha value is -0.900. The molecule has 108 valence electrons. The normalized spacial score (nSPS) is 14.6. The Balaban J connectivity index is 2.72. The van der Waals surface area contributed by atoms with Gasteiger partial charge in [-0.1, -0.05) is 38.1 Å². The lowest BCUT2D eigenvalue weighted by Gasteiger charge is -2.27. The van der Waals surface area contributed by atoms with E-state index < -0.39 is 5.60 Å². The van der Waals surface area contributed by atoms with Crippen LogP contribution in [0, 0.1) is 0 Å². The Labute approximate surface area is 116 Å². The van der Waals surface area contributed by atoms with Crippen molar-refractivity contribution in [3.8, 4) is 0 Å². The summed E-state index contributed by atoms with van der Waals surface area (Å²) < 4.78 is 5.15. The average Bonchev–Trinajstić information content (AvgIpc) is 2.37. The highest BCUT2D eigenvalue weighted by atomic mass is 16.5. The molecule has 3 N–H and O–H groups in total. The zero-order valence-corrected chi connectivity index (χ0v) is 12.4. The van der Waals surface area contributed by atoms with Crippen molar-refractivity contribution < 1.29 is 9.84 Å². The molecular weight excluding hydrogens is 238 g/mol. The lowest BCUT2D eigenvalue weighted by Crippen LogP contribution is -2.37. The van der Waals surface area contributed by atoms with Gasteiger partial charge in [-0.2, -0.15) is 0 Å². The Kier molecular flexibility index (Phi) is 6.49. The molecule has 0 heterocycles. The van der Waals surface area contributed by atoms with Crippen LogP contribution in [0.15, 0.2) is 24.3 Å². The number of aliphatic hydroxyl groups is 1. The van der Waals surface area contributed by atoms with E-state index >= 15 is 0 Å². The lowest BCUT2D eigenvalue weighted by molar-refractivity contribution is -0.0375. The highest BCUT2D eigenvalue weighted by molar-refractivity contribution is 5.25. The second-order valence-electron chi connectivity index (χ2n) is 5.62. The molecule has 1 aromatic carbocycles. The van der Waals surface area contributed by atoms with Crippen molar-refractivity contribution in [1.82, 2.24) is 0 Å². The molecule has 0 aromatic heterocycles. The quantitative estimate of drug-likeness (QED) is 0.759. The first kappa shape index (κ1) is 16.2. The van der Waals surface area contributed by atoms with Crippen LogP contribution < -0.4 is 5.73 Å². The molecule has 0 fully saturated rings. The maximum Gasteiger partial charge on any atom is 0.0920 e. The van der Waals surface area contributed by atoms with Crippen LogP contribution in [0.3, 0.4) is 0 Å². The van der Waals surface area contributed by atoms with Crippen molar-refractivity contribution in [2.24, 2.45) is 5.73 Å². The SMILES string of the molecule is COCC(O)(CCCN)Cc1ccc(C(C)C)cc1. The molecule has 1 atom stereocenters. The molecule has 0 saturated heterocycles. The monoisotopic (exact) mass is 265 g/mol. The van der Waals surface area contributed by atoms with E-state index in [0.29, 0.717) is 31.9 Å². The zero-order chi connectivity index (χ0) is 14.3. The molecule has 19 heavy (non-hydrogen) atoms. The summed E-state index contributed by atoms with van der Waals surface area (Å²) in [6.07, 6.45) is 2.09. The van der Waals surface area contributed by atoms with Crippen LogP contribution in [0.2, 0.25) is 0 Å². The number of benzene rings is 1. The fraction of sp³-hybridized carbons (Fsp3) is 0.625. The maximum absolute atomic E-state index is 10.6. The second kappa shape index (κ2) is 7.63.